The van der Waals surface area contributed by atoms with Gasteiger partial charge in [0.25, 0.3) is 5.91 Å². The van der Waals surface area contributed by atoms with Crippen molar-refractivity contribution in [1.82, 2.24) is 25.2 Å². The van der Waals surface area contributed by atoms with Gasteiger partial charge >= 0.3 is 0 Å². The number of nitrogens with zero attached hydrogens (tertiary/aromatic N) is 4. The Morgan fingerprint density at radius 1 is 1.42 bits per heavy atom. The summed E-state index contributed by atoms with van der Waals surface area (Å²) in [4.78, 5) is 28.1. The van der Waals surface area contributed by atoms with E-state index in [0.717, 1.165) is 44.8 Å². The molecule has 0 unspecified atom stereocenters. The summed E-state index contributed by atoms with van der Waals surface area (Å²) in [5, 5.41) is 2.95. The van der Waals surface area contributed by atoms with E-state index >= 15 is 0 Å². The van der Waals surface area contributed by atoms with Crippen LogP contribution in [-0.4, -0.2) is 57.6 Å². The van der Waals surface area contributed by atoms with E-state index in [1.54, 1.807) is 17.5 Å². The van der Waals surface area contributed by atoms with Gasteiger partial charge in [-0.1, -0.05) is 0 Å². The first kappa shape index (κ1) is 17.5. The van der Waals surface area contributed by atoms with Gasteiger partial charge in [-0.25, -0.2) is 9.97 Å². The third kappa shape index (κ3) is 3.49. The number of thiazole rings is 1. The number of ether oxygens (including phenoxy) is 1. The van der Waals surface area contributed by atoms with Crippen molar-refractivity contribution in [3.05, 3.63) is 40.4 Å². The van der Waals surface area contributed by atoms with Gasteiger partial charge in [-0.15, -0.1) is 11.3 Å². The lowest BCUT2D eigenvalue weighted by atomic mass is 9.79. The zero-order valence-corrected chi connectivity index (χ0v) is 15.7. The van der Waals surface area contributed by atoms with Crippen molar-refractivity contribution >= 4 is 17.2 Å². The highest BCUT2D eigenvalue weighted by atomic mass is 32.1. The van der Waals surface area contributed by atoms with Crippen LogP contribution in [-0.2, 0) is 11.3 Å². The maximum Gasteiger partial charge on any atom is 0.271 e. The monoisotopic (exact) mass is 373 g/mol. The molecule has 2 aliphatic heterocycles. The van der Waals surface area contributed by atoms with Crippen LogP contribution in [0.2, 0.25) is 0 Å². The number of likely N-dealkylation sites (tertiary alicyclic amines) is 1. The molecule has 2 saturated heterocycles. The van der Waals surface area contributed by atoms with Crippen molar-refractivity contribution in [2.24, 2.45) is 5.92 Å². The molecule has 1 amide bonds. The van der Waals surface area contributed by atoms with Crippen LogP contribution in [0.4, 0.5) is 0 Å². The van der Waals surface area contributed by atoms with E-state index < -0.39 is 0 Å². The van der Waals surface area contributed by atoms with Crippen LogP contribution in [0.25, 0.3) is 0 Å². The van der Waals surface area contributed by atoms with Gasteiger partial charge in [0, 0.05) is 50.1 Å². The predicted octanol–water partition coefficient (Wildman–Crippen LogP) is 1.65. The van der Waals surface area contributed by atoms with Crippen LogP contribution in [0.5, 0.6) is 0 Å². The van der Waals surface area contributed by atoms with Gasteiger partial charge < -0.3 is 10.1 Å². The molecule has 1 spiro atoms. The second kappa shape index (κ2) is 7.38. The van der Waals surface area contributed by atoms with E-state index in [4.69, 9.17) is 4.74 Å². The highest BCUT2D eigenvalue weighted by Crippen LogP contribution is 2.42. The first-order valence-corrected chi connectivity index (χ1v) is 9.84. The number of aryl methyl sites for hydroxylation is 1. The maximum atomic E-state index is 12.1. The molecule has 0 bridgehead atoms. The molecule has 4 rings (SSSR count). The summed E-state index contributed by atoms with van der Waals surface area (Å²) >= 11 is 1.72. The van der Waals surface area contributed by atoms with Crippen molar-refractivity contribution in [3.63, 3.8) is 0 Å². The molecule has 1 atom stereocenters. The van der Waals surface area contributed by atoms with Gasteiger partial charge in [-0.2, -0.15) is 0 Å². The smallest absolute Gasteiger partial charge is 0.271 e. The standard InChI is InChI=1S/C18H23N5O2S/c1-13-16(26-12-22-13)9-23-10-18(11-23)14(3-7-25-18)2-4-21-17(24)15-8-19-5-6-20-15/h5-6,8,12,14H,2-4,7,9-11H2,1H3,(H,21,24)/t14-/m0/s1. The molecule has 26 heavy (non-hydrogen) atoms. The van der Waals surface area contributed by atoms with Crippen LogP contribution < -0.4 is 5.32 Å². The van der Waals surface area contributed by atoms with Crippen LogP contribution in [0.15, 0.2) is 24.1 Å². The third-order valence-corrected chi connectivity index (χ3v) is 6.29. The Labute approximate surface area is 156 Å². The van der Waals surface area contributed by atoms with Crippen molar-refractivity contribution in [1.29, 1.82) is 0 Å². The van der Waals surface area contributed by atoms with E-state index in [2.05, 4.69) is 32.1 Å². The number of hydrogen-bond donors (Lipinski definition) is 1. The molecule has 2 aliphatic rings. The van der Waals surface area contributed by atoms with E-state index in [1.165, 1.54) is 17.3 Å². The van der Waals surface area contributed by atoms with Crippen molar-refractivity contribution in [3.8, 4) is 0 Å². The minimum absolute atomic E-state index is 0.0319. The second-order valence-corrected chi connectivity index (χ2v) is 7.98. The lowest BCUT2D eigenvalue weighted by molar-refractivity contribution is -0.136. The number of carbonyl (C=O) groups excluding carboxylic acids is 1. The maximum absolute atomic E-state index is 12.1. The summed E-state index contributed by atoms with van der Waals surface area (Å²) in [7, 11) is 0. The van der Waals surface area contributed by atoms with E-state index in [0.29, 0.717) is 18.2 Å². The highest BCUT2D eigenvalue weighted by molar-refractivity contribution is 7.09. The molecule has 2 aromatic heterocycles. The van der Waals surface area contributed by atoms with Crippen LogP contribution in [0, 0.1) is 12.8 Å². The summed E-state index contributed by atoms with van der Waals surface area (Å²) < 4.78 is 6.12. The molecule has 138 valence electrons. The van der Waals surface area contributed by atoms with Crippen LogP contribution in [0.1, 0.15) is 33.9 Å². The first-order valence-electron chi connectivity index (χ1n) is 8.96. The number of carbonyl (C=O) groups is 1. The fraction of sp³-hybridized carbons (Fsp3) is 0.556. The molecule has 1 N–H and O–H groups in total. The molecule has 7 nitrogen and oxygen atoms in total. The SMILES string of the molecule is Cc1ncsc1CN1CC2(C1)OCC[C@@H]2CCNC(=O)c1cnccn1. The van der Waals surface area contributed by atoms with Gasteiger partial charge in [-0.05, 0) is 25.7 Å². The number of amides is 1. The number of aromatic nitrogens is 3. The minimum Gasteiger partial charge on any atom is -0.372 e. The van der Waals surface area contributed by atoms with E-state index in [1.807, 2.05) is 5.51 Å². The summed E-state index contributed by atoms with van der Waals surface area (Å²) in [6.07, 6.45) is 6.57. The Hall–Kier alpha value is -1.90. The average Bonchev–Trinajstić information content (AvgIpc) is 3.22. The van der Waals surface area contributed by atoms with Crippen LogP contribution in [0.3, 0.4) is 0 Å². The quantitative estimate of drug-likeness (QED) is 0.829. The summed E-state index contributed by atoms with van der Waals surface area (Å²) in [6, 6.07) is 0. The molecule has 4 heterocycles. The second-order valence-electron chi connectivity index (χ2n) is 7.04. The first-order chi connectivity index (χ1) is 12.7. The lowest BCUT2D eigenvalue weighted by Crippen LogP contribution is -2.64. The molecule has 0 aliphatic carbocycles. The normalized spacial score (nSPS) is 21.7. The Kier molecular flexibility index (Phi) is 4.97. The Morgan fingerprint density at radius 3 is 3.04 bits per heavy atom. The summed E-state index contributed by atoms with van der Waals surface area (Å²) in [5.74, 6) is 0.324. The van der Waals surface area contributed by atoms with Crippen molar-refractivity contribution < 1.29 is 9.53 Å². The Bertz CT molecular complexity index is 760. The fourth-order valence-corrected chi connectivity index (χ4v) is 4.73. The van der Waals surface area contributed by atoms with Crippen LogP contribution >= 0.6 is 11.3 Å². The van der Waals surface area contributed by atoms with Gasteiger partial charge in [0.05, 0.1) is 23.0 Å². The number of rotatable bonds is 6. The zero-order valence-electron chi connectivity index (χ0n) is 14.9. The number of hydrogen-bond acceptors (Lipinski definition) is 7. The largest absolute Gasteiger partial charge is 0.372 e. The summed E-state index contributed by atoms with van der Waals surface area (Å²) in [6.45, 7) is 6.41. The fourth-order valence-electron chi connectivity index (χ4n) is 3.91. The topological polar surface area (TPSA) is 80.2 Å². The van der Waals surface area contributed by atoms with Crippen molar-refractivity contribution in [2.75, 3.05) is 26.2 Å². The molecular formula is C18H23N5O2S. The lowest BCUT2D eigenvalue weighted by Gasteiger charge is -2.50. The van der Waals surface area contributed by atoms with Gasteiger partial charge in [0.1, 0.15) is 5.69 Å². The predicted molar refractivity (Wildman–Crippen MR) is 97.9 cm³/mol. The van der Waals surface area contributed by atoms with E-state index in [9.17, 15) is 4.79 Å². The molecular weight excluding hydrogens is 350 g/mol. The molecule has 0 radical (unpaired) electrons. The Morgan fingerprint density at radius 2 is 2.31 bits per heavy atom. The molecule has 0 saturated carbocycles. The third-order valence-electron chi connectivity index (χ3n) is 5.37. The highest BCUT2D eigenvalue weighted by Gasteiger charge is 2.52. The molecule has 0 aromatic carbocycles. The van der Waals surface area contributed by atoms with Gasteiger partial charge in [-0.3, -0.25) is 14.7 Å². The number of nitrogens with one attached hydrogen (secondary N) is 1. The summed E-state index contributed by atoms with van der Waals surface area (Å²) in [5.41, 5.74) is 3.37. The molecule has 8 heteroatoms. The Balaban J connectivity index is 1.26. The zero-order chi connectivity index (χ0) is 18.0. The minimum atomic E-state index is -0.165. The average molecular weight is 373 g/mol. The van der Waals surface area contributed by atoms with E-state index in [-0.39, 0.29) is 11.5 Å². The van der Waals surface area contributed by atoms with Gasteiger partial charge in [0.2, 0.25) is 0 Å². The molecule has 2 fully saturated rings. The van der Waals surface area contributed by atoms with Gasteiger partial charge in [0.15, 0.2) is 0 Å². The van der Waals surface area contributed by atoms with Crippen molar-refractivity contribution in [2.45, 2.75) is 31.9 Å². The molecule has 2 aromatic rings.